The van der Waals surface area contributed by atoms with Gasteiger partial charge < -0.3 is 5.01 Å². The average molecular weight is 208 g/mol. The molecular formula is C10H16N4O. The van der Waals surface area contributed by atoms with Crippen molar-refractivity contribution in [1.29, 1.82) is 0 Å². The number of carbonyl (C=O) groups is 1. The fraction of sp³-hybridized carbons (Fsp3) is 0.600. The van der Waals surface area contributed by atoms with Gasteiger partial charge in [-0.1, -0.05) is 0 Å². The number of carbonyl (C=O) groups excluding carboxylic acids is 1. The Bertz CT molecular complexity index is 383. The number of nitrogens with zero attached hydrogens (tertiary/aromatic N) is 4. The largest absolute Gasteiger partial charge is 0.312 e. The van der Waals surface area contributed by atoms with Gasteiger partial charge in [-0.05, 0) is 20.8 Å². The number of hydrazine groups is 1. The Morgan fingerprint density at radius 1 is 1.33 bits per heavy atom. The summed E-state index contributed by atoms with van der Waals surface area (Å²) in [6.45, 7) is 5.81. The number of Topliss-reactive ketones (excluding diaryl/α,β-unsaturated/α-hetero) is 1. The fourth-order valence-electron chi connectivity index (χ4n) is 1.85. The van der Waals surface area contributed by atoms with Crippen LogP contribution in [0.1, 0.15) is 20.8 Å². The smallest absolute Gasteiger partial charge is 0.228 e. The molecule has 0 saturated carbocycles. The highest BCUT2D eigenvalue weighted by molar-refractivity contribution is 6.46. The lowest BCUT2D eigenvalue weighted by atomic mass is 10.1. The Morgan fingerprint density at radius 2 is 1.93 bits per heavy atom. The molecule has 0 fully saturated rings. The molecule has 0 radical (unpaired) electrons. The van der Waals surface area contributed by atoms with Crippen LogP contribution in [0, 0.1) is 0 Å². The molecule has 2 aliphatic heterocycles. The van der Waals surface area contributed by atoms with Crippen LogP contribution in [0.5, 0.6) is 0 Å². The summed E-state index contributed by atoms with van der Waals surface area (Å²) in [5.41, 5.74) is 0.892. The van der Waals surface area contributed by atoms with Crippen LogP contribution in [0.3, 0.4) is 0 Å². The van der Waals surface area contributed by atoms with Crippen LogP contribution in [0.2, 0.25) is 0 Å². The summed E-state index contributed by atoms with van der Waals surface area (Å²) in [6, 6.07) is 0. The molecule has 2 heterocycles. The summed E-state index contributed by atoms with van der Waals surface area (Å²) in [4.78, 5) is 11.8. The lowest BCUT2D eigenvalue weighted by molar-refractivity contribution is -0.127. The minimum Gasteiger partial charge on any atom is -0.312 e. The maximum absolute atomic E-state index is 11.8. The van der Waals surface area contributed by atoms with Crippen molar-refractivity contribution >= 4 is 11.5 Å². The molecular weight excluding hydrogens is 192 g/mol. The number of allylic oxidation sites excluding steroid dienone is 1. The Labute approximate surface area is 89.6 Å². The van der Waals surface area contributed by atoms with Crippen molar-refractivity contribution in [2.24, 2.45) is 5.10 Å². The number of hydrazone groups is 1. The highest BCUT2D eigenvalue weighted by Gasteiger charge is 2.44. The van der Waals surface area contributed by atoms with Gasteiger partial charge in [0.2, 0.25) is 5.78 Å². The average Bonchev–Trinajstić information content (AvgIpc) is 2.43. The van der Waals surface area contributed by atoms with E-state index in [1.54, 1.807) is 11.9 Å². The molecule has 0 spiro atoms. The topological polar surface area (TPSA) is 39.1 Å². The van der Waals surface area contributed by atoms with E-state index in [1.807, 2.05) is 44.2 Å². The predicted octanol–water partition coefficient (Wildman–Crippen LogP) is 0.617. The second kappa shape index (κ2) is 2.82. The van der Waals surface area contributed by atoms with Gasteiger partial charge in [-0.3, -0.25) is 4.79 Å². The molecule has 0 aromatic rings. The zero-order valence-electron chi connectivity index (χ0n) is 9.77. The van der Waals surface area contributed by atoms with E-state index < -0.39 is 0 Å². The van der Waals surface area contributed by atoms with Crippen LogP contribution in [-0.4, -0.2) is 46.3 Å². The molecule has 15 heavy (non-hydrogen) atoms. The van der Waals surface area contributed by atoms with Crippen LogP contribution < -0.4 is 0 Å². The predicted molar refractivity (Wildman–Crippen MR) is 57.6 cm³/mol. The molecule has 0 aliphatic carbocycles. The molecule has 2 aliphatic rings. The molecule has 0 amide bonds. The lowest BCUT2D eigenvalue weighted by Crippen LogP contribution is -2.59. The minimum atomic E-state index is -0.313. The van der Waals surface area contributed by atoms with Gasteiger partial charge in [0.1, 0.15) is 17.1 Å². The first kappa shape index (κ1) is 10.2. The van der Waals surface area contributed by atoms with Gasteiger partial charge in [-0.2, -0.15) is 10.1 Å². The first-order valence-electron chi connectivity index (χ1n) is 4.94. The molecule has 0 aromatic carbocycles. The van der Waals surface area contributed by atoms with Crippen molar-refractivity contribution in [3.8, 4) is 0 Å². The van der Waals surface area contributed by atoms with Crippen molar-refractivity contribution in [2.45, 2.75) is 26.4 Å². The van der Waals surface area contributed by atoms with Gasteiger partial charge in [-0.15, -0.1) is 0 Å². The molecule has 0 bridgehead atoms. The highest BCUT2D eigenvalue weighted by atomic mass is 16.1. The lowest BCUT2D eigenvalue weighted by Gasteiger charge is -2.48. The van der Waals surface area contributed by atoms with Gasteiger partial charge >= 0.3 is 0 Å². The van der Waals surface area contributed by atoms with E-state index >= 15 is 0 Å². The van der Waals surface area contributed by atoms with E-state index in [2.05, 4.69) is 5.10 Å². The first-order chi connectivity index (χ1) is 6.85. The molecule has 0 unspecified atom stereocenters. The Kier molecular flexibility index (Phi) is 1.91. The molecule has 5 nitrogen and oxygen atoms in total. The molecule has 0 N–H and O–H groups in total. The Balaban J connectivity index is 2.52. The molecule has 82 valence electrons. The quantitative estimate of drug-likeness (QED) is 0.585. The van der Waals surface area contributed by atoms with Gasteiger partial charge in [0.25, 0.3) is 0 Å². The SMILES string of the molecule is CC1=NN2C(=CN(C)N(C)C2(C)C)C1=O. The zero-order chi connectivity index (χ0) is 11.4. The third-order valence-electron chi connectivity index (χ3n) is 3.13. The van der Waals surface area contributed by atoms with Crippen molar-refractivity contribution in [1.82, 2.24) is 15.0 Å². The third kappa shape index (κ3) is 1.19. The van der Waals surface area contributed by atoms with Gasteiger partial charge in [-0.25, -0.2) is 5.01 Å². The summed E-state index contributed by atoms with van der Waals surface area (Å²) >= 11 is 0. The van der Waals surface area contributed by atoms with Crippen molar-refractivity contribution in [3.05, 3.63) is 11.9 Å². The second-order valence-corrected chi connectivity index (χ2v) is 4.43. The summed E-state index contributed by atoms with van der Waals surface area (Å²) in [5.74, 6) is 0.0167. The van der Waals surface area contributed by atoms with E-state index in [1.165, 1.54) is 0 Å². The van der Waals surface area contributed by atoms with E-state index in [-0.39, 0.29) is 11.4 Å². The van der Waals surface area contributed by atoms with E-state index in [4.69, 9.17) is 0 Å². The normalized spacial score (nSPS) is 25.3. The van der Waals surface area contributed by atoms with Gasteiger partial charge in [0.15, 0.2) is 0 Å². The van der Waals surface area contributed by atoms with E-state index in [9.17, 15) is 4.79 Å². The molecule has 0 saturated heterocycles. The van der Waals surface area contributed by atoms with E-state index in [0.29, 0.717) is 11.4 Å². The Hall–Kier alpha value is -1.36. The van der Waals surface area contributed by atoms with Crippen LogP contribution >= 0.6 is 0 Å². The highest BCUT2D eigenvalue weighted by Crippen LogP contribution is 2.33. The van der Waals surface area contributed by atoms with Crippen molar-refractivity contribution in [2.75, 3.05) is 14.1 Å². The second-order valence-electron chi connectivity index (χ2n) is 4.43. The van der Waals surface area contributed by atoms with Crippen LogP contribution in [0.4, 0.5) is 0 Å². The van der Waals surface area contributed by atoms with Gasteiger partial charge in [0, 0.05) is 20.3 Å². The zero-order valence-corrected chi connectivity index (χ0v) is 9.77. The maximum atomic E-state index is 11.8. The summed E-state index contributed by atoms with van der Waals surface area (Å²) in [7, 11) is 3.90. The molecule has 2 rings (SSSR count). The summed E-state index contributed by atoms with van der Waals surface area (Å²) < 4.78 is 0. The molecule has 5 heteroatoms. The summed E-state index contributed by atoms with van der Waals surface area (Å²) in [5, 5.41) is 10.0. The van der Waals surface area contributed by atoms with Gasteiger partial charge in [0.05, 0.1) is 0 Å². The number of ketones is 1. The fourth-order valence-corrected chi connectivity index (χ4v) is 1.85. The first-order valence-corrected chi connectivity index (χ1v) is 4.94. The van der Waals surface area contributed by atoms with Crippen LogP contribution in [-0.2, 0) is 4.79 Å². The number of hydrogen-bond donors (Lipinski definition) is 0. The molecule has 0 aromatic heterocycles. The standard InChI is InChI=1S/C10H16N4O/c1-7-9(15)8-6-12(4)13(5)10(2,3)14(8)11-7/h6H,1-5H3. The van der Waals surface area contributed by atoms with Crippen molar-refractivity contribution in [3.63, 3.8) is 0 Å². The van der Waals surface area contributed by atoms with E-state index in [0.717, 1.165) is 0 Å². The summed E-state index contributed by atoms with van der Waals surface area (Å²) in [6.07, 6.45) is 1.81. The minimum absolute atomic E-state index is 0.0167. The number of rotatable bonds is 0. The van der Waals surface area contributed by atoms with Crippen LogP contribution in [0.15, 0.2) is 17.0 Å². The number of fused-ring (bicyclic) bond motifs is 1. The molecule has 0 atom stereocenters. The van der Waals surface area contributed by atoms with Crippen LogP contribution in [0.25, 0.3) is 0 Å². The van der Waals surface area contributed by atoms with Crippen molar-refractivity contribution < 1.29 is 4.79 Å². The third-order valence-corrected chi connectivity index (χ3v) is 3.13. The number of hydrogen-bond acceptors (Lipinski definition) is 5. The maximum Gasteiger partial charge on any atom is 0.228 e. The Morgan fingerprint density at radius 3 is 2.53 bits per heavy atom. The monoisotopic (exact) mass is 208 g/mol.